The number of fused-ring (bicyclic) bond motifs is 2. The lowest BCUT2D eigenvalue weighted by atomic mass is 9.97. The maximum absolute atomic E-state index is 4.58. The highest BCUT2D eigenvalue weighted by molar-refractivity contribution is 6.20. The Morgan fingerprint density at radius 1 is 1.10 bits per heavy atom. The molecule has 2 aromatic carbocycles. The summed E-state index contributed by atoms with van der Waals surface area (Å²) in [5, 5.41) is 0. The van der Waals surface area contributed by atoms with E-state index in [4.69, 9.17) is 0 Å². The first-order chi connectivity index (χ1) is 10.2. The summed E-state index contributed by atoms with van der Waals surface area (Å²) in [6, 6.07) is 13.3. The van der Waals surface area contributed by atoms with Crippen molar-refractivity contribution in [2.24, 2.45) is 4.99 Å². The van der Waals surface area contributed by atoms with Gasteiger partial charge >= 0.3 is 0 Å². The van der Waals surface area contributed by atoms with E-state index in [0.717, 1.165) is 11.4 Å². The largest absolute Gasteiger partial charge is 0.248 e. The number of aliphatic imine (C=N–C) groups is 1. The van der Waals surface area contributed by atoms with Crippen LogP contribution in [0.1, 0.15) is 47.1 Å². The number of allylic oxidation sites excluding steroid dienone is 1. The minimum absolute atomic E-state index is 0.707. The average molecular weight is 273 g/mol. The lowest BCUT2D eigenvalue weighted by Gasteiger charge is -2.16. The standard InChI is InChI=1S/C20H19N/c1-13-3-9-17-19(21-20(17)11-13)10-6-15-5-8-16-7-4-14(2)18(16)12-15/h3,5-6,8-12,14H,4,7H2,1-2H3/b10-6+. The second-order valence-electron chi connectivity index (χ2n) is 6.25. The highest BCUT2D eigenvalue weighted by atomic mass is 14.8. The fourth-order valence-electron chi connectivity index (χ4n) is 3.32. The predicted octanol–water partition coefficient (Wildman–Crippen LogP) is 5.19. The number of benzene rings is 2. The molecule has 0 aromatic heterocycles. The van der Waals surface area contributed by atoms with E-state index < -0.39 is 0 Å². The van der Waals surface area contributed by atoms with Crippen LogP contribution in [-0.2, 0) is 6.42 Å². The van der Waals surface area contributed by atoms with Gasteiger partial charge in [0, 0.05) is 5.56 Å². The summed E-state index contributed by atoms with van der Waals surface area (Å²) in [5.41, 5.74) is 9.10. The predicted molar refractivity (Wildman–Crippen MR) is 89.6 cm³/mol. The minimum atomic E-state index is 0.707. The number of hydrogen-bond donors (Lipinski definition) is 0. The highest BCUT2D eigenvalue weighted by Crippen LogP contribution is 2.34. The molecule has 0 N–H and O–H groups in total. The molecule has 21 heavy (non-hydrogen) atoms. The molecule has 0 bridgehead atoms. The van der Waals surface area contributed by atoms with Crippen molar-refractivity contribution in [3.63, 3.8) is 0 Å². The Bertz CT molecular complexity index is 780. The third-order valence-corrected chi connectivity index (χ3v) is 4.65. The second-order valence-corrected chi connectivity index (χ2v) is 6.25. The van der Waals surface area contributed by atoms with Crippen molar-refractivity contribution in [1.29, 1.82) is 0 Å². The van der Waals surface area contributed by atoms with E-state index in [1.165, 1.54) is 40.7 Å². The van der Waals surface area contributed by atoms with Crippen molar-refractivity contribution in [3.8, 4) is 0 Å². The highest BCUT2D eigenvalue weighted by Gasteiger charge is 2.18. The summed E-state index contributed by atoms with van der Waals surface area (Å²) in [4.78, 5) is 4.58. The van der Waals surface area contributed by atoms with Crippen LogP contribution in [0.4, 0.5) is 5.69 Å². The molecule has 1 heteroatoms. The first kappa shape index (κ1) is 12.6. The summed E-state index contributed by atoms with van der Waals surface area (Å²) in [6.45, 7) is 4.43. The number of nitrogens with zero attached hydrogens (tertiary/aromatic N) is 1. The number of hydrogen-bond acceptors (Lipinski definition) is 1. The molecule has 1 aliphatic heterocycles. The zero-order chi connectivity index (χ0) is 14.4. The van der Waals surface area contributed by atoms with Gasteiger partial charge in [-0.05, 0) is 60.1 Å². The van der Waals surface area contributed by atoms with E-state index in [9.17, 15) is 0 Å². The zero-order valence-electron chi connectivity index (χ0n) is 12.6. The molecular weight excluding hydrogens is 254 g/mol. The van der Waals surface area contributed by atoms with Crippen molar-refractivity contribution < 1.29 is 0 Å². The minimum Gasteiger partial charge on any atom is -0.248 e. The van der Waals surface area contributed by atoms with E-state index >= 15 is 0 Å². The molecular formula is C20H19N. The first-order valence-corrected chi connectivity index (χ1v) is 7.71. The molecule has 104 valence electrons. The van der Waals surface area contributed by atoms with Crippen molar-refractivity contribution in [3.05, 3.63) is 70.3 Å². The van der Waals surface area contributed by atoms with Gasteiger partial charge < -0.3 is 0 Å². The van der Waals surface area contributed by atoms with Gasteiger partial charge in [0.15, 0.2) is 0 Å². The summed E-state index contributed by atoms with van der Waals surface area (Å²) < 4.78 is 0. The topological polar surface area (TPSA) is 12.4 Å². The molecule has 1 heterocycles. The fraction of sp³-hybridized carbons (Fsp3) is 0.250. The van der Waals surface area contributed by atoms with Gasteiger partial charge in [0.25, 0.3) is 0 Å². The summed E-state index contributed by atoms with van der Waals surface area (Å²) in [6.07, 6.45) is 6.85. The van der Waals surface area contributed by atoms with Crippen molar-refractivity contribution in [1.82, 2.24) is 0 Å². The Morgan fingerprint density at radius 3 is 2.86 bits per heavy atom. The third-order valence-electron chi connectivity index (χ3n) is 4.65. The van der Waals surface area contributed by atoms with Crippen molar-refractivity contribution in [2.45, 2.75) is 32.6 Å². The first-order valence-electron chi connectivity index (χ1n) is 7.71. The van der Waals surface area contributed by atoms with Gasteiger partial charge in [-0.1, -0.05) is 43.3 Å². The summed E-state index contributed by atoms with van der Waals surface area (Å²) in [5.74, 6) is 0.707. The van der Waals surface area contributed by atoms with Crippen molar-refractivity contribution >= 4 is 17.5 Å². The Labute approximate surface area is 126 Å². The smallest absolute Gasteiger partial charge is 0.0733 e. The van der Waals surface area contributed by atoms with Gasteiger partial charge in [-0.2, -0.15) is 0 Å². The van der Waals surface area contributed by atoms with Crippen LogP contribution in [0.2, 0.25) is 0 Å². The van der Waals surface area contributed by atoms with Crippen LogP contribution in [0.25, 0.3) is 6.08 Å². The maximum Gasteiger partial charge on any atom is 0.0733 e. The SMILES string of the molecule is Cc1ccc2c(c1)N=C2/C=C/c1ccc2c(c1)C(C)CC2. The Kier molecular flexibility index (Phi) is 2.81. The van der Waals surface area contributed by atoms with Crippen molar-refractivity contribution in [2.75, 3.05) is 0 Å². The zero-order valence-corrected chi connectivity index (χ0v) is 12.6. The summed E-state index contributed by atoms with van der Waals surface area (Å²) >= 11 is 0. The summed E-state index contributed by atoms with van der Waals surface area (Å²) in [7, 11) is 0. The van der Waals surface area contributed by atoms with Crippen LogP contribution < -0.4 is 0 Å². The van der Waals surface area contributed by atoms with Gasteiger partial charge in [-0.3, -0.25) is 0 Å². The maximum atomic E-state index is 4.58. The van der Waals surface area contributed by atoms with Gasteiger partial charge in [0.1, 0.15) is 0 Å². The molecule has 0 radical (unpaired) electrons. The lowest BCUT2D eigenvalue weighted by molar-refractivity contribution is 0.747. The number of aryl methyl sites for hydroxylation is 2. The van der Waals surface area contributed by atoms with Crippen LogP contribution >= 0.6 is 0 Å². The Balaban J connectivity index is 1.58. The quantitative estimate of drug-likeness (QED) is 0.713. The Morgan fingerprint density at radius 2 is 2.00 bits per heavy atom. The lowest BCUT2D eigenvalue weighted by Crippen LogP contribution is -2.05. The Hall–Kier alpha value is -2.15. The number of rotatable bonds is 2. The van der Waals surface area contributed by atoms with Crippen LogP contribution in [0.15, 0.2) is 47.5 Å². The van der Waals surface area contributed by atoms with E-state index in [0.29, 0.717) is 5.92 Å². The molecule has 0 spiro atoms. The van der Waals surface area contributed by atoms with Crippen LogP contribution in [0.5, 0.6) is 0 Å². The molecule has 0 amide bonds. The monoisotopic (exact) mass is 273 g/mol. The van der Waals surface area contributed by atoms with Crippen LogP contribution in [-0.4, -0.2) is 5.71 Å². The second kappa shape index (κ2) is 4.70. The molecule has 1 atom stereocenters. The van der Waals surface area contributed by atoms with E-state index in [1.807, 2.05) is 0 Å². The fourth-order valence-corrected chi connectivity index (χ4v) is 3.32. The van der Waals surface area contributed by atoms with E-state index in [2.05, 4.69) is 67.4 Å². The molecule has 1 unspecified atom stereocenters. The van der Waals surface area contributed by atoms with Gasteiger partial charge in [-0.25, -0.2) is 4.99 Å². The van der Waals surface area contributed by atoms with E-state index in [1.54, 1.807) is 0 Å². The molecule has 1 aliphatic carbocycles. The molecule has 4 rings (SSSR count). The normalized spacial score (nSPS) is 19.1. The molecule has 2 aromatic rings. The van der Waals surface area contributed by atoms with Crippen LogP contribution in [0.3, 0.4) is 0 Å². The average Bonchev–Trinajstić information content (AvgIpc) is 2.82. The van der Waals surface area contributed by atoms with E-state index in [-0.39, 0.29) is 0 Å². The van der Waals surface area contributed by atoms with Gasteiger partial charge in [0.05, 0.1) is 11.4 Å². The van der Waals surface area contributed by atoms with Gasteiger partial charge in [0.2, 0.25) is 0 Å². The molecule has 0 saturated heterocycles. The van der Waals surface area contributed by atoms with Crippen LogP contribution in [0, 0.1) is 6.92 Å². The molecule has 2 aliphatic rings. The molecule has 0 fully saturated rings. The molecule has 0 saturated carbocycles. The molecule has 1 nitrogen and oxygen atoms in total. The van der Waals surface area contributed by atoms with Gasteiger partial charge in [-0.15, -0.1) is 0 Å². The third kappa shape index (κ3) is 2.13.